The van der Waals surface area contributed by atoms with Crippen LogP contribution in [0.1, 0.15) is 18.9 Å². The predicted molar refractivity (Wildman–Crippen MR) is 73.5 cm³/mol. The molecule has 0 atom stereocenters. The number of anilines is 1. The number of aromatic nitrogens is 1. The van der Waals surface area contributed by atoms with Gasteiger partial charge in [-0.25, -0.2) is 13.4 Å². The zero-order chi connectivity index (χ0) is 14.6. The molecule has 7 heteroatoms. The number of pyridine rings is 1. The molecule has 1 heterocycles. The fourth-order valence-corrected chi connectivity index (χ4v) is 2.17. The highest BCUT2D eigenvalue weighted by molar-refractivity contribution is 7.90. The summed E-state index contributed by atoms with van der Waals surface area (Å²) in [6.45, 7) is 1.93. The molecule has 1 aromatic heterocycles. The van der Waals surface area contributed by atoms with Crippen molar-refractivity contribution in [3.63, 3.8) is 0 Å². The van der Waals surface area contributed by atoms with Crippen LogP contribution in [0.4, 0.5) is 5.82 Å². The molecule has 0 unspecified atom stereocenters. The molecule has 0 saturated carbocycles. The first-order valence-corrected chi connectivity index (χ1v) is 7.68. The van der Waals surface area contributed by atoms with Crippen molar-refractivity contribution in [1.82, 2.24) is 4.98 Å². The van der Waals surface area contributed by atoms with Crippen molar-refractivity contribution in [1.29, 1.82) is 0 Å². The summed E-state index contributed by atoms with van der Waals surface area (Å²) in [5.74, 6) is -0.100. The monoisotopic (exact) mass is 284 g/mol. The standard InChI is InChI=1S/C12H18N3O3S/c1-4-5-9-6-11(15(2)8-10(13)16)14-12(7-9)19(3,17)18/h5-7H,4,8H2,1-3H3,(H2,13,16). The average molecular weight is 284 g/mol. The Hall–Kier alpha value is -1.63. The van der Waals surface area contributed by atoms with E-state index >= 15 is 0 Å². The van der Waals surface area contributed by atoms with Gasteiger partial charge in [-0.3, -0.25) is 4.79 Å². The van der Waals surface area contributed by atoms with Crippen LogP contribution in [0.15, 0.2) is 17.2 Å². The second-order valence-corrected chi connectivity index (χ2v) is 6.27. The third-order valence-electron chi connectivity index (χ3n) is 2.41. The SMILES string of the molecule is CC[CH]c1cc(N(C)CC(N)=O)nc(S(C)(=O)=O)c1. The lowest BCUT2D eigenvalue weighted by Crippen LogP contribution is -2.31. The number of hydrogen-bond acceptors (Lipinski definition) is 5. The fourth-order valence-electron chi connectivity index (χ4n) is 1.56. The van der Waals surface area contributed by atoms with E-state index in [1.807, 2.05) is 13.3 Å². The van der Waals surface area contributed by atoms with Gasteiger partial charge in [-0.15, -0.1) is 0 Å². The van der Waals surface area contributed by atoms with Gasteiger partial charge in [0.05, 0.1) is 6.54 Å². The smallest absolute Gasteiger partial charge is 0.236 e. The molecule has 1 aromatic rings. The molecule has 1 amide bonds. The van der Waals surface area contributed by atoms with Crippen molar-refractivity contribution in [2.24, 2.45) is 5.73 Å². The summed E-state index contributed by atoms with van der Waals surface area (Å²) < 4.78 is 23.2. The second kappa shape index (κ2) is 6.01. The molecule has 0 fully saturated rings. The van der Waals surface area contributed by atoms with E-state index in [0.717, 1.165) is 18.2 Å². The first-order valence-electron chi connectivity index (χ1n) is 5.79. The zero-order valence-corrected chi connectivity index (χ0v) is 12.1. The molecule has 0 aliphatic carbocycles. The molecule has 19 heavy (non-hydrogen) atoms. The van der Waals surface area contributed by atoms with Crippen LogP contribution in [0.2, 0.25) is 0 Å². The lowest BCUT2D eigenvalue weighted by Gasteiger charge is -2.17. The van der Waals surface area contributed by atoms with Gasteiger partial charge in [0.1, 0.15) is 5.82 Å². The molecule has 2 N–H and O–H groups in total. The summed E-state index contributed by atoms with van der Waals surface area (Å²) >= 11 is 0. The maximum atomic E-state index is 11.6. The summed E-state index contributed by atoms with van der Waals surface area (Å²) in [4.78, 5) is 16.5. The number of amides is 1. The number of primary amides is 1. The molecule has 1 rings (SSSR count). The van der Waals surface area contributed by atoms with Crippen LogP contribution in [-0.4, -0.2) is 39.2 Å². The van der Waals surface area contributed by atoms with E-state index in [2.05, 4.69) is 4.98 Å². The van der Waals surface area contributed by atoms with Gasteiger partial charge >= 0.3 is 0 Å². The maximum Gasteiger partial charge on any atom is 0.236 e. The Morgan fingerprint density at radius 1 is 1.47 bits per heavy atom. The van der Waals surface area contributed by atoms with Gasteiger partial charge < -0.3 is 10.6 Å². The van der Waals surface area contributed by atoms with Crippen molar-refractivity contribution in [3.05, 3.63) is 24.1 Å². The van der Waals surface area contributed by atoms with Gasteiger partial charge in [0, 0.05) is 13.3 Å². The van der Waals surface area contributed by atoms with Gasteiger partial charge in [-0.2, -0.15) is 0 Å². The molecule has 1 radical (unpaired) electrons. The van der Waals surface area contributed by atoms with E-state index < -0.39 is 15.7 Å². The molecule has 6 nitrogen and oxygen atoms in total. The molecule has 0 aromatic carbocycles. The lowest BCUT2D eigenvalue weighted by molar-refractivity contribution is -0.116. The molecule has 0 spiro atoms. The molecule has 0 aliphatic rings. The Labute approximate surface area is 113 Å². The quantitative estimate of drug-likeness (QED) is 0.814. The number of carbonyl (C=O) groups excluding carboxylic acids is 1. The van der Waals surface area contributed by atoms with Gasteiger partial charge in [0.15, 0.2) is 14.9 Å². The van der Waals surface area contributed by atoms with E-state index in [1.54, 1.807) is 13.1 Å². The first-order chi connectivity index (χ1) is 8.74. The minimum absolute atomic E-state index is 0.0129. The molecule has 0 aliphatic heterocycles. The Morgan fingerprint density at radius 2 is 2.11 bits per heavy atom. The van der Waals surface area contributed by atoms with Gasteiger partial charge in [0.2, 0.25) is 5.91 Å². The number of carbonyl (C=O) groups is 1. The summed E-state index contributed by atoms with van der Waals surface area (Å²) in [6.07, 6.45) is 3.76. The number of likely N-dealkylation sites (N-methyl/N-ethyl adjacent to an activating group) is 1. The Morgan fingerprint density at radius 3 is 2.58 bits per heavy atom. The summed E-state index contributed by atoms with van der Waals surface area (Å²) in [5.41, 5.74) is 5.87. The van der Waals surface area contributed by atoms with E-state index in [9.17, 15) is 13.2 Å². The summed E-state index contributed by atoms with van der Waals surface area (Å²) in [7, 11) is -1.77. The van der Waals surface area contributed by atoms with Crippen LogP contribution in [0.5, 0.6) is 0 Å². The van der Waals surface area contributed by atoms with Crippen LogP contribution in [0.25, 0.3) is 0 Å². The topological polar surface area (TPSA) is 93.4 Å². The zero-order valence-electron chi connectivity index (χ0n) is 11.3. The first kappa shape index (κ1) is 15.4. The Balaban J connectivity index is 3.23. The highest BCUT2D eigenvalue weighted by Gasteiger charge is 2.14. The van der Waals surface area contributed by atoms with Crippen LogP contribution in [0, 0.1) is 6.42 Å². The third-order valence-corrected chi connectivity index (χ3v) is 3.38. The number of nitrogens with zero attached hydrogens (tertiary/aromatic N) is 2. The van der Waals surface area contributed by atoms with Crippen molar-refractivity contribution in [2.75, 3.05) is 24.7 Å². The minimum atomic E-state index is -3.40. The second-order valence-electron chi connectivity index (χ2n) is 4.30. The van der Waals surface area contributed by atoms with Gasteiger partial charge in [-0.05, 0) is 30.5 Å². The maximum absolute atomic E-state index is 11.6. The Bertz CT molecular complexity index is 570. The fraction of sp³-hybridized carbons (Fsp3) is 0.417. The molecular weight excluding hydrogens is 266 g/mol. The van der Waals surface area contributed by atoms with Gasteiger partial charge in [0.25, 0.3) is 0 Å². The van der Waals surface area contributed by atoms with E-state index in [1.165, 1.54) is 11.0 Å². The normalized spacial score (nSPS) is 11.3. The van der Waals surface area contributed by atoms with Crippen LogP contribution < -0.4 is 10.6 Å². The molecule has 0 saturated heterocycles. The third kappa shape index (κ3) is 4.51. The molecular formula is C12H18N3O3S. The van der Waals surface area contributed by atoms with E-state index in [4.69, 9.17) is 5.73 Å². The minimum Gasteiger partial charge on any atom is -0.368 e. The summed E-state index contributed by atoms with van der Waals surface area (Å²) in [5, 5.41) is -0.0129. The van der Waals surface area contributed by atoms with Gasteiger partial charge in [-0.1, -0.05) is 6.92 Å². The van der Waals surface area contributed by atoms with Crippen LogP contribution in [-0.2, 0) is 14.6 Å². The number of sulfone groups is 1. The molecule has 105 valence electrons. The summed E-state index contributed by atoms with van der Waals surface area (Å²) in [6, 6.07) is 3.24. The highest BCUT2D eigenvalue weighted by atomic mass is 32.2. The highest BCUT2D eigenvalue weighted by Crippen LogP contribution is 2.19. The number of nitrogens with two attached hydrogens (primary N) is 1. The van der Waals surface area contributed by atoms with E-state index in [-0.39, 0.29) is 11.6 Å². The average Bonchev–Trinajstić information content (AvgIpc) is 2.27. The van der Waals surface area contributed by atoms with E-state index in [0.29, 0.717) is 5.82 Å². The van der Waals surface area contributed by atoms with Crippen molar-refractivity contribution in [2.45, 2.75) is 18.4 Å². The van der Waals surface area contributed by atoms with Crippen LogP contribution in [0.3, 0.4) is 0 Å². The molecule has 0 bridgehead atoms. The lowest BCUT2D eigenvalue weighted by atomic mass is 10.1. The van der Waals surface area contributed by atoms with Crippen molar-refractivity contribution >= 4 is 21.6 Å². The number of hydrogen-bond donors (Lipinski definition) is 1. The van der Waals surface area contributed by atoms with Crippen LogP contribution >= 0.6 is 0 Å². The Kier molecular flexibility index (Phi) is 4.88. The van der Waals surface area contributed by atoms with Crippen molar-refractivity contribution < 1.29 is 13.2 Å². The predicted octanol–water partition coefficient (Wildman–Crippen LogP) is 0.369. The number of rotatable bonds is 6. The van der Waals surface area contributed by atoms with Crippen molar-refractivity contribution in [3.8, 4) is 0 Å². The largest absolute Gasteiger partial charge is 0.368 e.